The lowest BCUT2D eigenvalue weighted by Crippen LogP contribution is -2.50. The average molecular weight is 374 g/mol. The van der Waals surface area contributed by atoms with E-state index in [4.69, 9.17) is 14.5 Å². The minimum atomic E-state index is -1.35. The molecule has 0 spiro atoms. The molecule has 2 aliphatic rings. The highest BCUT2D eigenvalue weighted by Gasteiger charge is 2.53. The highest BCUT2D eigenvalue weighted by atomic mass is 32.2. The Morgan fingerprint density at radius 2 is 1.96 bits per heavy atom. The molecule has 7 nitrogen and oxygen atoms in total. The van der Waals surface area contributed by atoms with E-state index >= 15 is 0 Å². The number of ether oxygens (including phenoxy) is 1. The molecule has 0 bridgehead atoms. The first kappa shape index (κ1) is 17.3. The van der Waals surface area contributed by atoms with Gasteiger partial charge in [0, 0.05) is 4.90 Å². The van der Waals surface area contributed by atoms with Crippen LogP contribution in [-0.4, -0.2) is 35.9 Å². The topological polar surface area (TPSA) is 86.9 Å². The SMILES string of the molecule is COc1ccc(CC2Sc3ccccc3N(CC3(NO)OO3)C2=O)cc1. The number of hydrogen-bond acceptors (Lipinski definition) is 7. The van der Waals surface area contributed by atoms with Gasteiger partial charge in [-0.15, -0.1) is 17.2 Å². The van der Waals surface area contributed by atoms with Crippen molar-refractivity contribution in [2.45, 2.75) is 22.5 Å². The third-order valence-corrected chi connectivity index (χ3v) is 5.62. The fourth-order valence-electron chi connectivity index (χ4n) is 2.93. The van der Waals surface area contributed by atoms with Crippen LogP contribution in [0.4, 0.5) is 5.69 Å². The first-order chi connectivity index (χ1) is 12.6. The van der Waals surface area contributed by atoms with Gasteiger partial charge in [0.2, 0.25) is 5.91 Å². The average Bonchev–Trinajstić information content (AvgIpc) is 3.46. The van der Waals surface area contributed by atoms with Crippen LogP contribution in [0.25, 0.3) is 0 Å². The maximum atomic E-state index is 13.1. The number of benzene rings is 2. The van der Waals surface area contributed by atoms with Crippen molar-refractivity contribution in [2.75, 3.05) is 18.6 Å². The standard InChI is InChI=1S/C18H18N2O5S/c1-23-13-8-6-12(7-9-13)10-16-17(21)20(11-18(19-22)24-25-18)14-4-2-3-5-15(14)26-16/h2-9,16,19,22H,10-11H2,1H3. The van der Waals surface area contributed by atoms with Gasteiger partial charge >= 0.3 is 5.91 Å². The van der Waals surface area contributed by atoms with Crippen molar-refractivity contribution < 1.29 is 24.5 Å². The van der Waals surface area contributed by atoms with E-state index in [1.165, 1.54) is 0 Å². The van der Waals surface area contributed by atoms with E-state index in [2.05, 4.69) is 0 Å². The Morgan fingerprint density at radius 1 is 1.23 bits per heavy atom. The molecule has 2 aliphatic heterocycles. The molecule has 8 heteroatoms. The van der Waals surface area contributed by atoms with Crippen LogP contribution in [0.3, 0.4) is 0 Å². The lowest BCUT2D eigenvalue weighted by molar-refractivity contribution is -0.118. The Morgan fingerprint density at radius 3 is 2.62 bits per heavy atom. The van der Waals surface area contributed by atoms with Crippen molar-refractivity contribution in [3.63, 3.8) is 0 Å². The predicted molar refractivity (Wildman–Crippen MR) is 95.0 cm³/mol. The third kappa shape index (κ3) is 3.29. The van der Waals surface area contributed by atoms with Gasteiger partial charge in [-0.05, 0) is 36.2 Å². The molecular formula is C18H18N2O5S. The molecule has 26 heavy (non-hydrogen) atoms. The van der Waals surface area contributed by atoms with E-state index in [0.717, 1.165) is 21.9 Å². The van der Waals surface area contributed by atoms with Gasteiger partial charge in [-0.1, -0.05) is 24.3 Å². The molecule has 2 heterocycles. The molecule has 1 saturated heterocycles. The monoisotopic (exact) mass is 374 g/mol. The van der Waals surface area contributed by atoms with Gasteiger partial charge in [0.1, 0.15) is 12.3 Å². The highest BCUT2D eigenvalue weighted by Crippen LogP contribution is 2.42. The lowest BCUT2D eigenvalue weighted by atomic mass is 10.1. The number of methoxy groups -OCH3 is 1. The molecule has 0 radical (unpaired) electrons. The number of hydrogen-bond donors (Lipinski definition) is 2. The van der Waals surface area contributed by atoms with Crippen LogP contribution >= 0.6 is 11.8 Å². The zero-order valence-electron chi connectivity index (χ0n) is 14.0. The summed E-state index contributed by atoms with van der Waals surface area (Å²) >= 11 is 1.54. The van der Waals surface area contributed by atoms with Gasteiger partial charge in [-0.25, -0.2) is 0 Å². The predicted octanol–water partition coefficient (Wildman–Crippen LogP) is 2.34. The number of carbonyl (C=O) groups excluding carboxylic acids is 1. The molecule has 4 rings (SSSR count). The summed E-state index contributed by atoms with van der Waals surface area (Å²) in [6.45, 7) is 0.0546. The number of para-hydroxylation sites is 1. The summed E-state index contributed by atoms with van der Waals surface area (Å²) in [5.41, 5.74) is 3.80. The summed E-state index contributed by atoms with van der Waals surface area (Å²) in [4.78, 5) is 25.3. The zero-order valence-corrected chi connectivity index (χ0v) is 14.9. The number of thioether (sulfide) groups is 1. The summed E-state index contributed by atoms with van der Waals surface area (Å²) < 4.78 is 5.18. The summed E-state index contributed by atoms with van der Waals surface area (Å²) in [7, 11) is 1.62. The van der Waals surface area contributed by atoms with Crippen LogP contribution in [0.15, 0.2) is 53.4 Å². The Hall–Kier alpha value is -2.10. The number of rotatable bonds is 6. The minimum Gasteiger partial charge on any atom is -0.497 e. The number of nitrogens with one attached hydrogen (secondary N) is 1. The number of carbonyl (C=O) groups is 1. The first-order valence-corrected chi connectivity index (χ1v) is 9.00. The maximum absolute atomic E-state index is 13.1. The molecule has 136 valence electrons. The molecule has 1 unspecified atom stereocenters. The largest absolute Gasteiger partial charge is 0.497 e. The molecule has 0 aliphatic carbocycles. The molecule has 1 amide bonds. The van der Waals surface area contributed by atoms with Gasteiger partial charge in [-0.3, -0.25) is 4.79 Å². The second-order valence-corrected chi connectivity index (χ2v) is 7.33. The van der Waals surface area contributed by atoms with E-state index in [1.54, 1.807) is 23.8 Å². The Kier molecular flexibility index (Phi) is 4.60. The third-order valence-electron chi connectivity index (χ3n) is 4.37. The van der Waals surface area contributed by atoms with Crippen LogP contribution in [0.5, 0.6) is 5.75 Å². The van der Waals surface area contributed by atoms with E-state index in [9.17, 15) is 10.0 Å². The van der Waals surface area contributed by atoms with Crippen molar-refractivity contribution in [1.29, 1.82) is 0 Å². The second-order valence-electron chi connectivity index (χ2n) is 6.08. The molecule has 2 N–H and O–H groups in total. The zero-order chi connectivity index (χ0) is 18.1. The second kappa shape index (κ2) is 6.90. The lowest BCUT2D eigenvalue weighted by Gasteiger charge is -2.34. The maximum Gasteiger partial charge on any atom is 0.326 e. The fourth-order valence-corrected chi connectivity index (χ4v) is 4.19. The number of anilines is 1. The van der Waals surface area contributed by atoms with E-state index in [1.807, 2.05) is 54.0 Å². The van der Waals surface area contributed by atoms with Crippen molar-refractivity contribution in [3.05, 3.63) is 54.1 Å². The van der Waals surface area contributed by atoms with Crippen LogP contribution in [0, 0.1) is 0 Å². The molecule has 1 atom stereocenters. The molecule has 0 aromatic heterocycles. The smallest absolute Gasteiger partial charge is 0.326 e. The summed E-state index contributed by atoms with van der Waals surface area (Å²) in [5.74, 6) is -0.629. The summed E-state index contributed by atoms with van der Waals surface area (Å²) in [6.07, 6.45) is 0.583. The minimum absolute atomic E-state index is 0.0546. The van der Waals surface area contributed by atoms with Crippen LogP contribution in [0.1, 0.15) is 5.56 Å². The van der Waals surface area contributed by atoms with Gasteiger partial charge < -0.3 is 14.8 Å². The van der Waals surface area contributed by atoms with Crippen molar-refractivity contribution in [3.8, 4) is 5.75 Å². The number of hydroxylamine groups is 1. The molecule has 2 aromatic rings. The van der Waals surface area contributed by atoms with E-state index in [-0.39, 0.29) is 17.7 Å². The van der Waals surface area contributed by atoms with Gasteiger partial charge in [0.15, 0.2) is 0 Å². The quantitative estimate of drug-likeness (QED) is 0.456. The molecule has 2 aromatic carbocycles. The normalized spacial score (nSPS) is 20.6. The summed E-state index contributed by atoms with van der Waals surface area (Å²) in [6, 6.07) is 15.4. The Bertz CT molecular complexity index is 809. The van der Waals surface area contributed by atoms with Crippen LogP contribution in [-0.2, 0) is 21.0 Å². The summed E-state index contributed by atoms with van der Waals surface area (Å²) in [5, 5.41) is 8.93. The molecular weight excluding hydrogens is 356 g/mol. The Labute approximate surface area is 154 Å². The van der Waals surface area contributed by atoms with Crippen LogP contribution in [0.2, 0.25) is 0 Å². The van der Waals surface area contributed by atoms with Crippen LogP contribution < -0.4 is 15.1 Å². The Balaban J connectivity index is 1.59. The van der Waals surface area contributed by atoms with Crippen molar-refractivity contribution in [2.24, 2.45) is 0 Å². The fraction of sp³-hybridized carbons (Fsp3) is 0.278. The van der Waals surface area contributed by atoms with Crippen molar-refractivity contribution >= 4 is 23.4 Å². The number of fused-ring (bicyclic) bond motifs is 1. The van der Waals surface area contributed by atoms with E-state index in [0.29, 0.717) is 6.42 Å². The first-order valence-electron chi connectivity index (χ1n) is 8.12. The number of amides is 1. The molecule has 1 fully saturated rings. The van der Waals surface area contributed by atoms with Crippen molar-refractivity contribution in [1.82, 2.24) is 5.48 Å². The van der Waals surface area contributed by atoms with E-state index < -0.39 is 5.91 Å². The van der Waals surface area contributed by atoms with Gasteiger partial charge in [0.25, 0.3) is 0 Å². The van der Waals surface area contributed by atoms with Gasteiger partial charge in [-0.2, -0.15) is 9.78 Å². The highest BCUT2D eigenvalue weighted by molar-refractivity contribution is 8.01. The van der Waals surface area contributed by atoms with Gasteiger partial charge in [0.05, 0.1) is 18.0 Å². The number of nitrogens with zero attached hydrogens (tertiary/aromatic N) is 1. The molecule has 0 saturated carbocycles.